The molecule has 0 saturated carbocycles. The monoisotopic (exact) mass is 239 g/mol. The number of benzene rings is 2. The van der Waals surface area contributed by atoms with Gasteiger partial charge in [-0.2, -0.15) is 0 Å². The van der Waals surface area contributed by atoms with Crippen LogP contribution in [0.3, 0.4) is 0 Å². The third kappa shape index (κ3) is 1.96. The topological polar surface area (TPSA) is 46.5 Å². The van der Waals surface area contributed by atoms with Crippen LogP contribution < -0.4 is 9.83 Å². The van der Waals surface area contributed by atoms with Gasteiger partial charge in [0.15, 0.2) is 0 Å². The fraction of sp³-hybridized carbons (Fsp3) is 0. The largest absolute Gasteiger partial charge is 0.421 e. The Balaban J connectivity index is 0.00000108. The van der Waals surface area contributed by atoms with E-state index < -0.39 is 7.60 Å². The standard InChI is InChI=1S/C12H9O3P.Li/c13-16(14)12-8-4-2-6-10(12)9-5-1-3-7-11(9)15-16;/h1-8H,(H,13,14);. The number of fused-ring (bicyclic) bond motifs is 3. The van der Waals surface area contributed by atoms with Gasteiger partial charge in [0.05, 0.1) is 5.30 Å². The van der Waals surface area contributed by atoms with Crippen molar-refractivity contribution < 1.29 is 14.0 Å². The molecule has 5 heteroatoms. The molecule has 0 fully saturated rings. The van der Waals surface area contributed by atoms with Crippen molar-refractivity contribution in [2.24, 2.45) is 0 Å². The molecule has 0 saturated heterocycles. The summed E-state index contributed by atoms with van der Waals surface area (Å²) in [5.41, 5.74) is 1.63. The summed E-state index contributed by atoms with van der Waals surface area (Å²) in [6, 6.07) is 14.3. The number of para-hydroxylation sites is 1. The van der Waals surface area contributed by atoms with Crippen molar-refractivity contribution in [3.63, 3.8) is 0 Å². The van der Waals surface area contributed by atoms with Crippen molar-refractivity contribution in [3.05, 3.63) is 48.5 Å². The normalized spacial score (nSPS) is 20.5. The van der Waals surface area contributed by atoms with Crippen LogP contribution in [-0.4, -0.2) is 23.8 Å². The molecule has 0 spiro atoms. The summed E-state index contributed by atoms with van der Waals surface area (Å²) < 4.78 is 17.1. The maximum absolute atomic E-state index is 12.0. The van der Waals surface area contributed by atoms with E-state index in [-0.39, 0.29) is 18.9 Å². The fourth-order valence-electron chi connectivity index (χ4n) is 1.90. The quantitative estimate of drug-likeness (QED) is 0.566. The molecule has 0 aromatic heterocycles. The molecule has 3 nitrogen and oxygen atoms in total. The Kier molecular flexibility index (Phi) is 3.21. The van der Waals surface area contributed by atoms with E-state index in [1.54, 1.807) is 24.3 Å². The molecule has 1 N–H and O–H groups in total. The Morgan fingerprint density at radius 3 is 2.29 bits per heavy atom. The van der Waals surface area contributed by atoms with Crippen molar-refractivity contribution in [1.82, 2.24) is 0 Å². The average molecular weight is 239 g/mol. The summed E-state index contributed by atoms with van der Waals surface area (Å²) in [6.45, 7) is 0. The van der Waals surface area contributed by atoms with E-state index in [1.165, 1.54) is 0 Å². The fourth-order valence-corrected chi connectivity index (χ4v) is 3.20. The van der Waals surface area contributed by atoms with Crippen LogP contribution in [0.25, 0.3) is 11.1 Å². The first-order valence-corrected chi connectivity index (χ1v) is 6.48. The van der Waals surface area contributed by atoms with E-state index in [1.807, 2.05) is 24.3 Å². The van der Waals surface area contributed by atoms with E-state index in [9.17, 15) is 9.46 Å². The average Bonchev–Trinajstić information content (AvgIpc) is 2.29. The van der Waals surface area contributed by atoms with Crippen molar-refractivity contribution in [2.75, 3.05) is 0 Å². The van der Waals surface area contributed by atoms with Crippen LogP contribution in [0.1, 0.15) is 0 Å². The minimum absolute atomic E-state index is 0. The smallest absolute Gasteiger partial charge is 0.408 e. The molecular weight excluding hydrogens is 230 g/mol. The van der Waals surface area contributed by atoms with Crippen molar-refractivity contribution >= 4 is 31.8 Å². The zero-order chi connectivity index (χ0) is 11.2. The van der Waals surface area contributed by atoms with Crippen molar-refractivity contribution in [1.29, 1.82) is 0 Å². The van der Waals surface area contributed by atoms with Gasteiger partial charge in [-0.25, -0.2) is 4.57 Å². The molecule has 1 atom stereocenters. The summed E-state index contributed by atoms with van der Waals surface area (Å²) in [7, 11) is -3.71. The molecule has 1 aliphatic rings. The second-order valence-electron chi connectivity index (χ2n) is 3.63. The first kappa shape index (κ1) is 12.5. The Morgan fingerprint density at radius 1 is 0.941 bits per heavy atom. The van der Waals surface area contributed by atoms with Crippen LogP contribution >= 0.6 is 7.60 Å². The SMILES string of the molecule is O=P1(O)Oc2ccccc2-c2ccccc21.[Li]. The van der Waals surface area contributed by atoms with Gasteiger partial charge < -0.3 is 9.42 Å². The van der Waals surface area contributed by atoms with Crippen molar-refractivity contribution in [3.8, 4) is 16.9 Å². The molecule has 2 aromatic rings. The first-order chi connectivity index (χ1) is 7.68. The van der Waals surface area contributed by atoms with E-state index in [0.717, 1.165) is 11.1 Å². The summed E-state index contributed by atoms with van der Waals surface area (Å²) in [5, 5.41) is 0.369. The number of hydrogen-bond donors (Lipinski definition) is 1. The predicted octanol–water partition coefficient (Wildman–Crippen LogP) is 2.18. The summed E-state index contributed by atoms with van der Waals surface area (Å²) in [5.74, 6) is 0.465. The molecule has 17 heavy (non-hydrogen) atoms. The predicted molar refractivity (Wildman–Crippen MR) is 67.7 cm³/mol. The van der Waals surface area contributed by atoms with Gasteiger partial charge in [0.2, 0.25) is 0 Å². The molecule has 0 aliphatic carbocycles. The van der Waals surface area contributed by atoms with Gasteiger partial charge in [-0.05, 0) is 12.1 Å². The molecule has 1 unspecified atom stereocenters. The second kappa shape index (κ2) is 4.36. The maximum Gasteiger partial charge on any atom is 0.408 e. The Hall–Kier alpha value is -0.973. The molecule has 0 bridgehead atoms. The summed E-state index contributed by atoms with van der Waals surface area (Å²) in [4.78, 5) is 9.81. The van der Waals surface area contributed by atoms with Gasteiger partial charge in [-0.1, -0.05) is 36.4 Å². The zero-order valence-corrected chi connectivity index (χ0v) is 10.2. The van der Waals surface area contributed by atoms with Crippen molar-refractivity contribution in [2.45, 2.75) is 0 Å². The Labute approximate surface area is 111 Å². The number of rotatable bonds is 0. The molecule has 2 aromatic carbocycles. The third-order valence-corrected chi connectivity index (χ3v) is 4.05. The van der Waals surface area contributed by atoms with Crippen LogP contribution in [-0.2, 0) is 4.57 Å². The van der Waals surface area contributed by atoms with Gasteiger partial charge in [0, 0.05) is 30.0 Å². The summed E-state index contributed by atoms with van der Waals surface area (Å²) in [6.07, 6.45) is 0. The molecule has 1 aliphatic heterocycles. The van der Waals surface area contributed by atoms with Gasteiger partial charge in [-0.15, -0.1) is 0 Å². The molecule has 81 valence electrons. The summed E-state index contributed by atoms with van der Waals surface area (Å²) >= 11 is 0. The van der Waals surface area contributed by atoms with Crippen LogP contribution in [0.5, 0.6) is 5.75 Å². The molecule has 0 amide bonds. The Bertz CT molecular complexity index is 612. The van der Waals surface area contributed by atoms with Crippen LogP contribution in [0.15, 0.2) is 48.5 Å². The van der Waals surface area contributed by atoms with Crippen LogP contribution in [0.4, 0.5) is 0 Å². The Morgan fingerprint density at radius 2 is 1.53 bits per heavy atom. The molecule has 1 heterocycles. The first-order valence-electron chi connectivity index (χ1n) is 4.90. The van der Waals surface area contributed by atoms with Crippen LogP contribution in [0.2, 0.25) is 0 Å². The second-order valence-corrected chi connectivity index (χ2v) is 5.33. The minimum atomic E-state index is -3.71. The van der Waals surface area contributed by atoms with Gasteiger partial charge in [-0.3, -0.25) is 0 Å². The van der Waals surface area contributed by atoms with Gasteiger partial charge in [0.25, 0.3) is 0 Å². The van der Waals surface area contributed by atoms with E-state index >= 15 is 0 Å². The number of hydrogen-bond acceptors (Lipinski definition) is 2. The maximum atomic E-state index is 12.0. The minimum Gasteiger partial charge on any atom is -0.421 e. The van der Waals surface area contributed by atoms with Gasteiger partial charge >= 0.3 is 7.60 Å². The zero-order valence-electron chi connectivity index (χ0n) is 9.33. The van der Waals surface area contributed by atoms with Gasteiger partial charge in [0.1, 0.15) is 5.75 Å². The molecule has 3 rings (SSSR count). The molecular formula is C12H9LiO3P. The third-order valence-electron chi connectivity index (χ3n) is 2.61. The van der Waals surface area contributed by atoms with E-state index in [0.29, 0.717) is 11.1 Å². The molecule has 1 radical (unpaired) electrons. The van der Waals surface area contributed by atoms with E-state index in [4.69, 9.17) is 4.52 Å². The van der Waals surface area contributed by atoms with Crippen LogP contribution in [0, 0.1) is 0 Å². The van der Waals surface area contributed by atoms with E-state index in [2.05, 4.69) is 0 Å².